The van der Waals surface area contributed by atoms with Gasteiger partial charge in [-0.25, -0.2) is 4.99 Å². The van der Waals surface area contributed by atoms with Gasteiger partial charge in [0.15, 0.2) is 17.5 Å². The van der Waals surface area contributed by atoms with Crippen LogP contribution in [0.25, 0.3) is 0 Å². The van der Waals surface area contributed by atoms with Gasteiger partial charge in [0.1, 0.15) is 0 Å². The smallest absolute Gasteiger partial charge is 0.191 e. The number of aromatic hydroxyl groups is 1. The van der Waals surface area contributed by atoms with E-state index in [1.807, 2.05) is 13.0 Å². The highest BCUT2D eigenvalue weighted by atomic mass is 16.5. The Labute approximate surface area is 178 Å². The molecule has 30 heavy (non-hydrogen) atoms. The van der Waals surface area contributed by atoms with Crippen LogP contribution in [-0.4, -0.2) is 55.9 Å². The summed E-state index contributed by atoms with van der Waals surface area (Å²) in [5, 5.41) is 16.7. The first kappa shape index (κ1) is 21.9. The minimum atomic E-state index is 0.125. The molecule has 0 amide bonds. The molecule has 1 aliphatic heterocycles. The van der Waals surface area contributed by atoms with Crippen molar-refractivity contribution in [2.75, 3.05) is 40.0 Å². The summed E-state index contributed by atoms with van der Waals surface area (Å²) in [6.45, 7) is 8.46. The molecule has 0 aliphatic carbocycles. The molecule has 2 aromatic rings. The monoisotopic (exact) mass is 412 g/mol. The van der Waals surface area contributed by atoms with Crippen molar-refractivity contribution >= 4 is 5.96 Å². The lowest BCUT2D eigenvalue weighted by Gasteiger charge is -2.27. The number of phenolic OH excluding ortho intramolecular Hbond substituents is 1. The van der Waals surface area contributed by atoms with E-state index < -0.39 is 0 Å². The predicted octanol–water partition coefficient (Wildman–Crippen LogP) is 2.49. The van der Waals surface area contributed by atoms with Crippen molar-refractivity contribution in [2.24, 2.45) is 4.99 Å². The second-order valence-corrected chi connectivity index (χ2v) is 7.21. The average Bonchev–Trinajstić information content (AvgIpc) is 2.77. The van der Waals surface area contributed by atoms with Gasteiger partial charge in [-0.15, -0.1) is 0 Å². The largest absolute Gasteiger partial charge is 0.504 e. The molecule has 2 aromatic carbocycles. The maximum absolute atomic E-state index is 9.96. The summed E-state index contributed by atoms with van der Waals surface area (Å²) in [4.78, 5) is 7.08. The number of methoxy groups -OCH3 is 1. The lowest BCUT2D eigenvalue weighted by atomic mass is 10.1. The Morgan fingerprint density at radius 3 is 2.60 bits per heavy atom. The molecule has 1 aliphatic rings. The Morgan fingerprint density at radius 1 is 1.13 bits per heavy atom. The minimum Gasteiger partial charge on any atom is -0.504 e. The van der Waals surface area contributed by atoms with Gasteiger partial charge in [0.2, 0.25) is 0 Å². The summed E-state index contributed by atoms with van der Waals surface area (Å²) in [5.41, 5.74) is 3.50. The molecule has 0 atom stereocenters. The van der Waals surface area contributed by atoms with Gasteiger partial charge in [-0.2, -0.15) is 0 Å². The van der Waals surface area contributed by atoms with Gasteiger partial charge in [0.25, 0.3) is 0 Å². The number of morpholine rings is 1. The van der Waals surface area contributed by atoms with E-state index >= 15 is 0 Å². The highest BCUT2D eigenvalue weighted by Crippen LogP contribution is 2.26. The van der Waals surface area contributed by atoms with E-state index in [4.69, 9.17) is 9.47 Å². The van der Waals surface area contributed by atoms with Gasteiger partial charge in [-0.3, -0.25) is 4.90 Å². The molecule has 0 bridgehead atoms. The van der Waals surface area contributed by atoms with E-state index in [9.17, 15) is 5.11 Å². The van der Waals surface area contributed by atoms with Crippen LogP contribution in [0.5, 0.6) is 11.5 Å². The van der Waals surface area contributed by atoms with Crippen molar-refractivity contribution in [3.05, 3.63) is 59.2 Å². The molecule has 1 heterocycles. The number of benzene rings is 2. The number of aliphatic imine (C=N–C) groups is 1. The first-order valence-corrected chi connectivity index (χ1v) is 10.4. The molecule has 0 saturated carbocycles. The van der Waals surface area contributed by atoms with Crippen molar-refractivity contribution in [2.45, 2.75) is 26.6 Å². The maximum Gasteiger partial charge on any atom is 0.191 e. The van der Waals surface area contributed by atoms with Gasteiger partial charge < -0.3 is 25.2 Å². The highest BCUT2D eigenvalue weighted by molar-refractivity contribution is 5.79. The summed E-state index contributed by atoms with van der Waals surface area (Å²) in [7, 11) is 1.54. The molecule has 7 heteroatoms. The van der Waals surface area contributed by atoms with E-state index in [0.717, 1.165) is 50.9 Å². The lowest BCUT2D eigenvalue weighted by molar-refractivity contribution is 0.0341. The number of nitrogens with one attached hydrogen (secondary N) is 2. The topological polar surface area (TPSA) is 78.4 Å². The third-order valence-electron chi connectivity index (χ3n) is 5.07. The Hall–Kier alpha value is -2.77. The minimum absolute atomic E-state index is 0.125. The zero-order valence-electron chi connectivity index (χ0n) is 17.9. The maximum atomic E-state index is 9.96. The molecule has 7 nitrogen and oxygen atoms in total. The predicted molar refractivity (Wildman–Crippen MR) is 119 cm³/mol. The molecule has 1 fully saturated rings. The zero-order valence-corrected chi connectivity index (χ0v) is 17.9. The summed E-state index contributed by atoms with van der Waals surface area (Å²) < 4.78 is 10.6. The van der Waals surface area contributed by atoms with Gasteiger partial charge >= 0.3 is 0 Å². The third kappa shape index (κ3) is 6.37. The Morgan fingerprint density at radius 2 is 1.90 bits per heavy atom. The molecular weight excluding hydrogens is 380 g/mol. The summed E-state index contributed by atoms with van der Waals surface area (Å²) >= 11 is 0. The Kier molecular flexibility index (Phi) is 8.35. The van der Waals surface area contributed by atoms with Crippen LogP contribution in [0, 0.1) is 0 Å². The number of ether oxygens (including phenoxy) is 2. The molecule has 3 rings (SSSR count). The summed E-state index contributed by atoms with van der Waals surface area (Å²) in [6, 6.07) is 13.9. The summed E-state index contributed by atoms with van der Waals surface area (Å²) in [5.74, 6) is 1.33. The van der Waals surface area contributed by atoms with Gasteiger partial charge in [0, 0.05) is 32.7 Å². The Bertz CT molecular complexity index is 835. The fourth-order valence-corrected chi connectivity index (χ4v) is 3.41. The van der Waals surface area contributed by atoms with Crippen molar-refractivity contribution in [1.82, 2.24) is 15.5 Å². The van der Waals surface area contributed by atoms with E-state index in [-0.39, 0.29) is 5.75 Å². The molecule has 3 N–H and O–H groups in total. The molecular formula is C23H32N4O3. The Balaban J connectivity index is 1.63. The standard InChI is InChI=1S/C23H32N4O3/c1-3-24-23(25-15-18-8-9-22(29-2)21(28)14-18)26-16-19-6-4-5-7-20(19)17-27-10-12-30-13-11-27/h4-9,14,28H,3,10-13,15-17H2,1-2H3,(H2,24,25,26). The summed E-state index contributed by atoms with van der Waals surface area (Å²) in [6.07, 6.45) is 0. The van der Waals surface area contributed by atoms with Crippen molar-refractivity contribution < 1.29 is 14.6 Å². The average molecular weight is 413 g/mol. The van der Waals surface area contributed by atoms with Crippen LogP contribution in [0.15, 0.2) is 47.5 Å². The number of guanidine groups is 1. The van der Waals surface area contributed by atoms with Crippen LogP contribution in [0.3, 0.4) is 0 Å². The fourth-order valence-electron chi connectivity index (χ4n) is 3.41. The normalized spacial score (nSPS) is 15.1. The second-order valence-electron chi connectivity index (χ2n) is 7.21. The number of hydrogen-bond acceptors (Lipinski definition) is 5. The molecule has 0 aromatic heterocycles. The van der Waals surface area contributed by atoms with Crippen LogP contribution in [0.2, 0.25) is 0 Å². The van der Waals surface area contributed by atoms with Crippen molar-refractivity contribution in [3.63, 3.8) is 0 Å². The lowest BCUT2D eigenvalue weighted by Crippen LogP contribution is -2.38. The molecule has 162 valence electrons. The SMILES string of the molecule is CCNC(=NCc1ccc(OC)c(O)c1)NCc1ccccc1CN1CCOCC1. The third-order valence-corrected chi connectivity index (χ3v) is 5.07. The zero-order chi connectivity index (χ0) is 21.2. The van der Waals surface area contributed by atoms with Gasteiger partial charge in [0.05, 0.1) is 26.9 Å². The first-order valence-electron chi connectivity index (χ1n) is 10.4. The van der Waals surface area contributed by atoms with Gasteiger partial charge in [-0.05, 0) is 35.7 Å². The fraction of sp³-hybridized carbons (Fsp3) is 0.435. The highest BCUT2D eigenvalue weighted by Gasteiger charge is 2.13. The van der Waals surface area contributed by atoms with Crippen LogP contribution >= 0.6 is 0 Å². The number of hydrogen-bond donors (Lipinski definition) is 3. The first-order chi connectivity index (χ1) is 14.7. The number of phenols is 1. The van der Waals surface area contributed by atoms with Crippen molar-refractivity contribution in [3.8, 4) is 11.5 Å². The second kappa shape index (κ2) is 11.4. The number of nitrogens with zero attached hydrogens (tertiary/aromatic N) is 2. The quantitative estimate of drug-likeness (QED) is 0.457. The van der Waals surface area contributed by atoms with Crippen LogP contribution in [0.4, 0.5) is 0 Å². The van der Waals surface area contributed by atoms with Crippen LogP contribution < -0.4 is 15.4 Å². The molecule has 0 spiro atoms. The van der Waals surface area contributed by atoms with Crippen LogP contribution in [-0.2, 0) is 24.4 Å². The number of rotatable bonds is 8. The molecule has 0 unspecified atom stereocenters. The van der Waals surface area contributed by atoms with E-state index in [1.54, 1.807) is 12.1 Å². The molecule has 1 saturated heterocycles. The van der Waals surface area contributed by atoms with Gasteiger partial charge in [-0.1, -0.05) is 30.3 Å². The van der Waals surface area contributed by atoms with Crippen molar-refractivity contribution in [1.29, 1.82) is 0 Å². The van der Waals surface area contributed by atoms with E-state index in [0.29, 0.717) is 18.8 Å². The molecule has 0 radical (unpaired) electrons. The van der Waals surface area contributed by atoms with Crippen LogP contribution in [0.1, 0.15) is 23.6 Å². The van der Waals surface area contributed by atoms with E-state index in [1.165, 1.54) is 18.2 Å². The van der Waals surface area contributed by atoms with E-state index in [2.05, 4.69) is 44.8 Å².